The maximum Gasteiger partial charge on any atom is 0.171 e. The lowest BCUT2D eigenvalue weighted by Gasteiger charge is -2.34. The summed E-state index contributed by atoms with van der Waals surface area (Å²) in [5.74, 6) is -0.439. The third kappa shape index (κ3) is 2.35. The van der Waals surface area contributed by atoms with Gasteiger partial charge in [-0.3, -0.25) is 4.68 Å². The summed E-state index contributed by atoms with van der Waals surface area (Å²) >= 11 is 0. The van der Waals surface area contributed by atoms with Gasteiger partial charge in [0.15, 0.2) is 5.82 Å². The summed E-state index contributed by atoms with van der Waals surface area (Å²) in [5.41, 5.74) is 4.53. The van der Waals surface area contributed by atoms with Gasteiger partial charge in [0.2, 0.25) is 0 Å². The van der Waals surface area contributed by atoms with Crippen LogP contribution in [0.5, 0.6) is 0 Å². The zero-order valence-electron chi connectivity index (χ0n) is 15.4. The van der Waals surface area contributed by atoms with Crippen LogP contribution in [-0.2, 0) is 13.0 Å². The molecule has 1 unspecified atom stereocenters. The minimum Gasteiger partial charge on any atom is -0.394 e. The molecule has 2 N–H and O–H groups in total. The molecule has 0 aliphatic carbocycles. The van der Waals surface area contributed by atoms with E-state index in [0.29, 0.717) is 24.3 Å². The van der Waals surface area contributed by atoms with Gasteiger partial charge in [-0.05, 0) is 25.5 Å². The lowest BCUT2D eigenvalue weighted by Crippen LogP contribution is -2.37. The molecule has 0 saturated heterocycles. The number of hydrogen-bond donors (Lipinski definition) is 2. The number of hydrogen-bond acceptors (Lipinski definition) is 6. The molecule has 0 saturated carbocycles. The zero-order valence-corrected chi connectivity index (χ0v) is 15.4. The number of nitrogens with one attached hydrogen (secondary N) is 1. The van der Waals surface area contributed by atoms with Crippen LogP contribution < -0.4 is 10.2 Å². The number of fused-ring (bicyclic) bond motifs is 4. The first kappa shape index (κ1) is 17.2. The second kappa shape index (κ2) is 6.29. The molecule has 2 aliphatic rings. The maximum absolute atomic E-state index is 14.5. The van der Waals surface area contributed by atoms with E-state index in [-0.39, 0.29) is 18.7 Å². The van der Waals surface area contributed by atoms with Crippen LogP contribution in [0.4, 0.5) is 10.1 Å². The van der Waals surface area contributed by atoms with Crippen molar-refractivity contribution in [3.05, 3.63) is 46.8 Å². The molecule has 144 valence electrons. The molecular formula is C19H20FN7O. The Kier molecular flexibility index (Phi) is 3.86. The van der Waals surface area contributed by atoms with Crippen molar-refractivity contribution in [2.45, 2.75) is 32.0 Å². The minimum atomic E-state index is -0.439. The average molecular weight is 381 g/mol. The SMILES string of the molecule is C[C@@H]1CN(c2ccc(C#N)n3ncc(F)c23)Cc2c3c(nn21)C(CO)NCC3. The fourth-order valence-corrected chi connectivity index (χ4v) is 4.44. The molecule has 0 radical (unpaired) electrons. The van der Waals surface area contributed by atoms with Crippen molar-refractivity contribution < 1.29 is 9.50 Å². The normalized spacial score (nSPS) is 21.4. The highest BCUT2D eigenvalue weighted by Crippen LogP contribution is 2.35. The van der Waals surface area contributed by atoms with E-state index in [1.54, 1.807) is 12.1 Å². The van der Waals surface area contributed by atoms with E-state index in [0.717, 1.165) is 36.2 Å². The average Bonchev–Trinajstić information content (AvgIpc) is 3.29. The Morgan fingerprint density at radius 2 is 2.29 bits per heavy atom. The molecule has 2 atom stereocenters. The molecule has 28 heavy (non-hydrogen) atoms. The van der Waals surface area contributed by atoms with Gasteiger partial charge in [0, 0.05) is 18.7 Å². The van der Waals surface area contributed by atoms with Gasteiger partial charge < -0.3 is 15.3 Å². The van der Waals surface area contributed by atoms with Crippen molar-refractivity contribution >= 4 is 11.2 Å². The van der Waals surface area contributed by atoms with Gasteiger partial charge >= 0.3 is 0 Å². The first-order valence-electron chi connectivity index (χ1n) is 9.38. The highest BCUT2D eigenvalue weighted by molar-refractivity contribution is 5.75. The molecule has 0 fully saturated rings. The molecule has 3 aromatic heterocycles. The number of aliphatic hydroxyl groups is 1. The first-order chi connectivity index (χ1) is 13.6. The molecule has 0 aromatic carbocycles. The summed E-state index contributed by atoms with van der Waals surface area (Å²) in [5, 5.41) is 31.1. The van der Waals surface area contributed by atoms with Crippen LogP contribution in [0.1, 0.15) is 41.7 Å². The Hall–Kier alpha value is -2.96. The second-order valence-corrected chi connectivity index (χ2v) is 7.39. The Morgan fingerprint density at radius 3 is 3.07 bits per heavy atom. The summed E-state index contributed by atoms with van der Waals surface area (Å²) in [6.07, 6.45) is 2.00. The van der Waals surface area contributed by atoms with Gasteiger partial charge in [0.05, 0.1) is 48.5 Å². The van der Waals surface area contributed by atoms with Gasteiger partial charge in [0.25, 0.3) is 0 Å². The lowest BCUT2D eigenvalue weighted by atomic mass is 9.99. The summed E-state index contributed by atoms with van der Waals surface area (Å²) in [6.45, 7) is 4.15. The van der Waals surface area contributed by atoms with E-state index >= 15 is 0 Å². The quantitative estimate of drug-likeness (QED) is 0.695. The Balaban J connectivity index is 1.61. The predicted molar refractivity (Wildman–Crippen MR) is 99.4 cm³/mol. The van der Waals surface area contributed by atoms with Crippen molar-refractivity contribution in [2.75, 3.05) is 24.6 Å². The number of halogens is 1. The van der Waals surface area contributed by atoms with E-state index in [4.69, 9.17) is 5.10 Å². The number of nitrogens with zero attached hydrogens (tertiary/aromatic N) is 6. The maximum atomic E-state index is 14.5. The molecule has 3 aromatic rings. The van der Waals surface area contributed by atoms with Gasteiger partial charge in [0.1, 0.15) is 17.3 Å². The standard InChI is InChI=1S/C19H20FN7O/c1-11-8-25(16-3-2-12(6-21)27-19(16)14(20)7-23-27)9-17-13-4-5-22-15(10-28)18(13)24-26(11)17/h2-3,7,11,15,22,28H,4-5,8-10H2,1H3/t11-,15?/m1/s1. The van der Waals surface area contributed by atoms with Crippen LogP contribution in [0.25, 0.3) is 5.52 Å². The molecule has 9 heteroatoms. The van der Waals surface area contributed by atoms with Crippen LogP contribution in [-0.4, -0.2) is 44.2 Å². The number of aliphatic hydroxyl groups excluding tert-OH is 1. The third-order valence-corrected chi connectivity index (χ3v) is 5.72. The number of anilines is 1. The van der Waals surface area contributed by atoms with Crippen LogP contribution in [0, 0.1) is 17.1 Å². The van der Waals surface area contributed by atoms with E-state index in [1.165, 1.54) is 10.1 Å². The minimum absolute atomic E-state index is 0.0127. The van der Waals surface area contributed by atoms with Crippen molar-refractivity contribution in [1.82, 2.24) is 24.7 Å². The molecule has 0 amide bonds. The molecule has 5 rings (SSSR count). The molecular weight excluding hydrogens is 361 g/mol. The van der Waals surface area contributed by atoms with Crippen molar-refractivity contribution in [3.63, 3.8) is 0 Å². The van der Waals surface area contributed by atoms with E-state index in [9.17, 15) is 14.8 Å². The van der Waals surface area contributed by atoms with Crippen molar-refractivity contribution in [1.29, 1.82) is 5.26 Å². The van der Waals surface area contributed by atoms with Crippen molar-refractivity contribution in [2.24, 2.45) is 0 Å². The number of pyridine rings is 1. The largest absolute Gasteiger partial charge is 0.394 e. The monoisotopic (exact) mass is 381 g/mol. The Labute approximate surface area is 160 Å². The van der Waals surface area contributed by atoms with Gasteiger partial charge in [-0.25, -0.2) is 8.91 Å². The summed E-state index contributed by atoms with van der Waals surface area (Å²) < 4.78 is 17.9. The molecule has 2 aliphatic heterocycles. The summed E-state index contributed by atoms with van der Waals surface area (Å²) in [6, 6.07) is 5.47. The van der Waals surface area contributed by atoms with Crippen LogP contribution in [0.15, 0.2) is 18.3 Å². The third-order valence-electron chi connectivity index (χ3n) is 5.72. The van der Waals surface area contributed by atoms with E-state index in [2.05, 4.69) is 28.3 Å². The van der Waals surface area contributed by atoms with E-state index in [1.807, 2.05) is 4.68 Å². The fourth-order valence-electron chi connectivity index (χ4n) is 4.44. The molecule has 8 nitrogen and oxygen atoms in total. The van der Waals surface area contributed by atoms with Crippen LogP contribution in [0.3, 0.4) is 0 Å². The zero-order chi connectivity index (χ0) is 19.4. The summed E-state index contributed by atoms with van der Waals surface area (Å²) in [7, 11) is 0. The number of aromatic nitrogens is 4. The predicted octanol–water partition coefficient (Wildman–Crippen LogP) is 1.30. The molecule has 0 bridgehead atoms. The summed E-state index contributed by atoms with van der Waals surface area (Å²) in [4.78, 5) is 2.12. The smallest absolute Gasteiger partial charge is 0.171 e. The molecule has 0 spiro atoms. The number of rotatable bonds is 2. The second-order valence-electron chi connectivity index (χ2n) is 7.39. The van der Waals surface area contributed by atoms with Gasteiger partial charge in [-0.1, -0.05) is 0 Å². The van der Waals surface area contributed by atoms with Crippen LogP contribution >= 0.6 is 0 Å². The lowest BCUT2D eigenvalue weighted by molar-refractivity contribution is 0.236. The van der Waals surface area contributed by atoms with Crippen LogP contribution in [0.2, 0.25) is 0 Å². The van der Waals surface area contributed by atoms with Crippen molar-refractivity contribution in [3.8, 4) is 6.07 Å². The highest BCUT2D eigenvalue weighted by atomic mass is 19.1. The highest BCUT2D eigenvalue weighted by Gasteiger charge is 2.33. The Morgan fingerprint density at radius 1 is 1.43 bits per heavy atom. The van der Waals surface area contributed by atoms with Gasteiger partial charge in [-0.2, -0.15) is 15.5 Å². The topological polar surface area (TPSA) is 94.4 Å². The molecule has 5 heterocycles. The van der Waals surface area contributed by atoms with E-state index < -0.39 is 5.82 Å². The van der Waals surface area contributed by atoms with Gasteiger partial charge in [-0.15, -0.1) is 0 Å². The number of nitriles is 1. The fraction of sp³-hybridized carbons (Fsp3) is 0.421. The Bertz CT molecular complexity index is 1110. The first-order valence-corrected chi connectivity index (χ1v) is 9.38.